The number of rotatable bonds is 5. The van der Waals surface area contributed by atoms with E-state index in [1.165, 1.54) is 12.1 Å². The van der Waals surface area contributed by atoms with Crippen LogP contribution in [0, 0.1) is 0 Å². The van der Waals surface area contributed by atoms with Gasteiger partial charge in [0.25, 0.3) is 0 Å². The van der Waals surface area contributed by atoms with E-state index < -0.39 is 23.2 Å². The minimum atomic E-state index is -0.651. The number of hydrogen-bond donors (Lipinski definition) is 9. The third-order valence-corrected chi connectivity index (χ3v) is 10.3. The molecular formula is C56H80O13. The van der Waals surface area contributed by atoms with E-state index in [2.05, 4.69) is 41.5 Å². The maximum Gasteiger partial charge on any atom is 0.338 e. The average molecular weight is 961 g/mol. The summed E-state index contributed by atoms with van der Waals surface area (Å²) in [4.78, 5) is 11.3. The molecule has 0 amide bonds. The Morgan fingerprint density at radius 1 is 0.420 bits per heavy atom. The van der Waals surface area contributed by atoms with Crippen molar-refractivity contribution in [2.45, 2.75) is 144 Å². The number of phenolic OH excluding ortho intramolecular Hbond substituents is 9. The molecule has 0 atom stereocenters. The monoisotopic (exact) mass is 961 g/mol. The maximum atomic E-state index is 11.3. The Bertz CT molecular complexity index is 2370. The van der Waals surface area contributed by atoms with E-state index in [4.69, 9.17) is 29.5 Å². The van der Waals surface area contributed by atoms with Crippen LogP contribution in [0.5, 0.6) is 63.2 Å². The third kappa shape index (κ3) is 19.1. The summed E-state index contributed by atoms with van der Waals surface area (Å²) in [6, 6.07) is 20.5. The lowest BCUT2D eigenvalue weighted by atomic mass is 9.81. The predicted molar refractivity (Wildman–Crippen MR) is 274 cm³/mol. The van der Waals surface area contributed by atoms with Gasteiger partial charge in [-0.25, -0.2) is 4.79 Å². The van der Waals surface area contributed by atoms with E-state index in [0.29, 0.717) is 12.2 Å². The van der Waals surface area contributed by atoms with Crippen LogP contribution in [0.2, 0.25) is 0 Å². The predicted octanol–water partition coefficient (Wildman–Crippen LogP) is 12.9. The summed E-state index contributed by atoms with van der Waals surface area (Å²) in [5.41, 5.74) is 3.71. The van der Waals surface area contributed by atoms with Crippen molar-refractivity contribution in [3.8, 4) is 63.2 Å². The summed E-state index contributed by atoms with van der Waals surface area (Å²) in [5, 5.41) is 84.9. The molecule has 0 aliphatic rings. The number of benzene rings is 5. The average Bonchev–Trinajstić information content (AvgIpc) is 3.22. The van der Waals surface area contributed by atoms with Gasteiger partial charge >= 0.3 is 5.97 Å². The zero-order chi connectivity index (χ0) is 53.6. The van der Waals surface area contributed by atoms with Gasteiger partial charge in [-0.3, -0.25) is 0 Å². The van der Waals surface area contributed by atoms with Crippen molar-refractivity contribution < 1.29 is 65.0 Å². The number of hydrogen-bond acceptors (Lipinski definition) is 13. The van der Waals surface area contributed by atoms with Crippen LogP contribution >= 0.6 is 0 Å². The highest BCUT2D eigenvalue weighted by molar-refractivity contribution is 5.91. The Balaban J connectivity index is 0.000000433. The molecule has 9 N–H and O–H groups in total. The Morgan fingerprint density at radius 3 is 1.14 bits per heavy atom. The Labute approximate surface area is 410 Å². The molecule has 382 valence electrons. The van der Waals surface area contributed by atoms with Gasteiger partial charge in [0.05, 0.1) is 26.4 Å². The number of carbonyl (C=O) groups is 1. The third-order valence-electron chi connectivity index (χ3n) is 10.3. The standard InChI is InChI=1S/C14H22O2.2C11H16O2.C10H12O5.C10H14O2/c1-13(2,3)9-7-12(16)10(8-11(9)15)14(4,5)6;1-11(2,3)9-7-8(13-4)5-6-10(9)12;1-11(2,3)9-7-8(12)5-6-10(9)13-4;1-2-3-15-10(14)6-4-7(11)9(13)8(12)5-6;1-10(2,3)8-6-7(11)4-5-9(8)12/h7-8,15-16H,1-6H3;2*5-7,12H,1-4H3;4-5,11-13H,2-3H2,1H3;4-6,11-12H,1-3H3. The molecule has 0 aliphatic heterocycles. The van der Waals surface area contributed by atoms with Gasteiger partial charge < -0.3 is 60.2 Å². The van der Waals surface area contributed by atoms with Crippen molar-refractivity contribution in [2.75, 3.05) is 20.8 Å². The van der Waals surface area contributed by atoms with Crippen molar-refractivity contribution >= 4 is 5.97 Å². The molecule has 0 heterocycles. The van der Waals surface area contributed by atoms with Gasteiger partial charge in [-0.05, 0) is 112 Å². The fourth-order valence-corrected chi connectivity index (χ4v) is 6.43. The summed E-state index contributed by atoms with van der Waals surface area (Å²) in [5.74, 6) is 0.747. The van der Waals surface area contributed by atoms with Crippen molar-refractivity contribution in [3.05, 3.63) is 112 Å². The van der Waals surface area contributed by atoms with E-state index in [9.17, 15) is 35.4 Å². The molecule has 5 rings (SSSR count). The first-order chi connectivity index (χ1) is 31.4. The first kappa shape index (κ1) is 60.4. The van der Waals surface area contributed by atoms with Crippen LogP contribution in [0.1, 0.15) is 155 Å². The second kappa shape index (κ2) is 24.6. The molecule has 0 spiro atoms. The van der Waals surface area contributed by atoms with Crippen LogP contribution in [0.3, 0.4) is 0 Å². The highest BCUT2D eigenvalue weighted by atomic mass is 16.5. The number of esters is 1. The van der Waals surface area contributed by atoms with E-state index in [1.807, 2.05) is 75.3 Å². The first-order valence-electron chi connectivity index (χ1n) is 22.7. The Kier molecular flexibility index (Phi) is 21.5. The van der Waals surface area contributed by atoms with E-state index in [1.54, 1.807) is 62.8 Å². The molecule has 0 radical (unpaired) electrons. The van der Waals surface area contributed by atoms with Crippen molar-refractivity contribution in [2.24, 2.45) is 0 Å². The molecule has 0 aliphatic carbocycles. The zero-order valence-corrected chi connectivity index (χ0v) is 44.1. The largest absolute Gasteiger partial charge is 0.508 e. The molecule has 0 aromatic heterocycles. The van der Waals surface area contributed by atoms with Gasteiger partial charge in [-0.2, -0.15) is 0 Å². The van der Waals surface area contributed by atoms with E-state index in [-0.39, 0.29) is 68.0 Å². The van der Waals surface area contributed by atoms with Gasteiger partial charge in [-0.15, -0.1) is 0 Å². The van der Waals surface area contributed by atoms with Gasteiger partial charge in [0, 0.05) is 27.8 Å². The molecule has 5 aromatic rings. The maximum absolute atomic E-state index is 11.3. The number of ether oxygens (including phenoxy) is 3. The smallest absolute Gasteiger partial charge is 0.338 e. The van der Waals surface area contributed by atoms with Crippen LogP contribution < -0.4 is 9.47 Å². The topological polar surface area (TPSA) is 227 Å². The number of carbonyl (C=O) groups excluding carboxylic acids is 1. The van der Waals surface area contributed by atoms with Crippen LogP contribution in [0.4, 0.5) is 0 Å². The first-order valence-corrected chi connectivity index (χ1v) is 22.7. The lowest BCUT2D eigenvalue weighted by Crippen LogP contribution is -2.15. The van der Waals surface area contributed by atoms with Gasteiger partial charge in [0.15, 0.2) is 17.2 Å². The second-order valence-electron chi connectivity index (χ2n) is 21.6. The van der Waals surface area contributed by atoms with Crippen LogP contribution in [0.25, 0.3) is 0 Å². The van der Waals surface area contributed by atoms with Gasteiger partial charge in [0.2, 0.25) is 0 Å². The highest BCUT2D eigenvalue weighted by Gasteiger charge is 2.25. The SMILES string of the molecule is CC(C)(C)c1cc(O)c(C(C)(C)C)cc1O.CC(C)(C)c1cc(O)ccc1O.CCCOC(=O)c1cc(O)c(O)c(O)c1.COc1ccc(O)c(C(C)(C)C)c1.COc1ccc(O)cc1C(C)(C)C. The summed E-state index contributed by atoms with van der Waals surface area (Å²) < 4.78 is 15.1. The molecule has 0 saturated carbocycles. The fourth-order valence-electron chi connectivity index (χ4n) is 6.43. The van der Waals surface area contributed by atoms with Crippen molar-refractivity contribution in [1.29, 1.82) is 0 Å². The Morgan fingerprint density at radius 2 is 0.783 bits per heavy atom. The minimum Gasteiger partial charge on any atom is -0.508 e. The zero-order valence-electron chi connectivity index (χ0n) is 44.1. The van der Waals surface area contributed by atoms with E-state index in [0.717, 1.165) is 51.4 Å². The molecule has 5 aromatic carbocycles. The lowest BCUT2D eigenvalue weighted by Gasteiger charge is -2.25. The molecule has 69 heavy (non-hydrogen) atoms. The van der Waals surface area contributed by atoms with Crippen molar-refractivity contribution in [3.63, 3.8) is 0 Å². The molecule has 0 bridgehead atoms. The molecule has 0 fully saturated rings. The lowest BCUT2D eigenvalue weighted by molar-refractivity contribution is 0.0504. The minimum absolute atomic E-state index is 0.00347. The van der Waals surface area contributed by atoms with Gasteiger partial charge in [0.1, 0.15) is 46.0 Å². The normalized spacial score (nSPS) is 11.4. The van der Waals surface area contributed by atoms with Crippen LogP contribution in [0.15, 0.2) is 78.9 Å². The summed E-state index contributed by atoms with van der Waals surface area (Å²) >= 11 is 0. The quantitative estimate of drug-likeness (QED) is 0.0454. The molecule has 13 heteroatoms. The highest BCUT2D eigenvalue weighted by Crippen LogP contribution is 2.41. The molecule has 13 nitrogen and oxygen atoms in total. The molecular weight excluding hydrogens is 881 g/mol. The van der Waals surface area contributed by atoms with Crippen molar-refractivity contribution in [1.82, 2.24) is 0 Å². The Hall–Kier alpha value is -6.63. The van der Waals surface area contributed by atoms with E-state index >= 15 is 0 Å². The van der Waals surface area contributed by atoms with Crippen LogP contribution in [-0.2, 0) is 31.8 Å². The number of aromatic hydroxyl groups is 9. The molecule has 0 unspecified atom stereocenters. The summed E-state index contributed by atoms with van der Waals surface area (Å²) in [6.45, 7) is 32.6. The summed E-state index contributed by atoms with van der Waals surface area (Å²) in [6.07, 6.45) is 0.682. The second-order valence-corrected chi connectivity index (χ2v) is 21.6. The fraction of sp³-hybridized carbons (Fsp3) is 0.446. The van der Waals surface area contributed by atoms with Gasteiger partial charge in [-0.1, -0.05) is 111 Å². The van der Waals surface area contributed by atoms with Crippen LogP contribution in [-0.4, -0.2) is 72.8 Å². The summed E-state index contributed by atoms with van der Waals surface area (Å²) in [7, 11) is 3.26. The number of methoxy groups -OCH3 is 2. The molecule has 0 saturated heterocycles. The number of phenols is 9.